The third-order valence-corrected chi connectivity index (χ3v) is 10.2. The van der Waals surface area contributed by atoms with Crippen molar-refractivity contribution in [1.82, 2.24) is 14.5 Å². The fourth-order valence-electron chi connectivity index (χ4n) is 6.65. The Hall–Kier alpha value is -5.01. The maximum Gasteiger partial charge on any atom is 0.695 e. The van der Waals surface area contributed by atoms with Crippen molar-refractivity contribution in [3.8, 4) is 11.5 Å². The minimum atomic E-state index is -2.98. The molecule has 0 aliphatic carbocycles. The summed E-state index contributed by atoms with van der Waals surface area (Å²) < 4.78 is 44.7. The molecule has 0 radical (unpaired) electrons. The van der Waals surface area contributed by atoms with Crippen molar-refractivity contribution >= 4 is 46.9 Å². The molecule has 6 aromatic rings. The van der Waals surface area contributed by atoms with Crippen LogP contribution in [0.3, 0.4) is 0 Å². The van der Waals surface area contributed by atoms with Crippen LogP contribution in [-0.4, -0.2) is 58.4 Å². The van der Waals surface area contributed by atoms with E-state index in [2.05, 4.69) is 31.2 Å². The van der Waals surface area contributed by atoms with Gasteiger partial charge in [0.1, 0.15) is 53.3 Å². The van der Waals surface area contributed by atoms with Gasteiger partial charge in [0, 0.05) is 27.2 Å². The lowest BCUT2D eigenvalue weighted by molar-refractivity contribution is -0.0902. The van der Waals surface area contributed by atoms with E-state index < -0.39 is 32.3 Å². The number of rotatable bonds is 13. The van der Waals surface area contributed by atoms with Crippen LogP contribution in [0.2, 0.25) is 0 Å². The number of nitrogens with one attached hydrogen (secondary N) is 1. The number of amides is 1. The second-order valence-electron chi connectivity index (χ2n) is 12.2. The lowest BCUT2D eigenvalue weighted by atomic mass is 9.80. The van der Waals surface area contributed by atoms with Gasteiger partial charge >= 0.3 is 8.25 Å². The summed E-state index contributed by atoms with van der Waals surface area (Å²) in [5, 5.41) is 3.44. The third-order valence-electron chi connectivity index (χ3n) is 9.18. The van der Waals surface area contributed by atoms with Crippen LogP contribution in [0.15, 0.2) is 126 Å². The van der Waals surface area contributed by atoms with Crippen LogP contribution in [0.4, 0.5) is 5.82 Å². The van der Waals surface area contributed by atoms with Gasteiger partial charge < -0.3 is 28.8 Å². The monoisotopic (exact) mass is 797 g/mol. The Morgan fingerprint density at radius 1 is 0.906 bits per heavy atom. The van der Waals surface area contributed by atoms with Crippen molar-refractivity contribution in [3.63, 3.8) is 0 Å². The van der Waals surface area contributed by atoms with E-state index >= 15 is 0 Å². The first-order chi connectivity index (χ1) is 25.8. The van der Waals surface area contributed by atoms with Gasteiger partial charge in [0.15, 0.2) is 0 Å². The summed E-state index contributed by atoms with van der Waals surface area (Å²) in [6.07, 6.45) is 1.04. The highest BCUT2D eigenvalue weighted by Gasteiger charge is 2.46. The molecule has 53 heavy (non-hydrogen) atoms. The molecule has 4 atom stereocenters. The second-order valence-corrected chi connectivity index (χ2v) is 13.7. The van der Waals surface area contributed by atoms with E-state index in [9.17, 15) is 14.3 Å². The molecule has 1 aliphatic rings. The molecule has 1 amide bonds. The molecule has 1 unspecified atom stereocenters. The van der Waals surface area contributed by atoms with E-state index in [0.29, 0.717) is 38.4 Å². The van der Waals surface area contributed by atoms with Gasteiger partial charge in [-0.15, -0.1) is 9.42 Å². The molecule has 12 nitrogen and oxygen atoms in total. The van der Waals surface area contributed by atoms with Crippen LogP contribution in [0.25, 0.3) is 11.0 Å². The highest BCUT2D eigenvalue weighted by Crippen LogP contribution is 2.44. The molecule has 7 rings (SSSR count). The Balaban J connectivity index is 1.24. The maximum atomic E-state index is 13.0. The van der Waals surface area contributed by atoms with E-state index in [4.69, 9.17) is 23.5 Å². The molecular formula is C39H35BrN4O8P+. The minimum absolute atomic E-state index is 0.0367. The minimum Gasteiger partial charge on any atom is -0.497 e. The lowest BCUT2D eigenvalue weighted by Gasteiger charge is -2.37. The van der Waals surface area contributed by atoms with Crippen molar-refractivity contribution in [1.29, 1.82) is 0 Å². The average Bonchev–Trinajstić information content (AvgIpc) is 3.76. The molecule has 1 aliphatic heterocycles. The Bertz CT molecular complexity index is 2160. The molecule has 4 aromatic carbocycles. The van der Waals surface area contributed by atoms with Crippen molar-refractivity contribution in [2.24, 2.45) is 0 Å². The first-order valence-corrected chi connectivity index (χ1v) is 18.6. The van der Waals surface area contributed by atoms with Crippen LogP contribution < -0.4 is 14.8 Å². The van der Waals surface area contributed by atoms with E-state index in [-0.39, 0.29) is 18.9 Å². The van der Waals surface area contributed by atoms with E-state index in [0.717, 1.165) is 16.7 Å². The zero-order valence-corrected chi connectivity index (χ0v) is 31.1. The topological polar surface area (TPSA) is 143 Å². The Morgan fingerprint density at radius 3 is 2.08 bits per heavy atom. The summed E-state index contributed by atoms with van der Waals surface area (Å²) in [5.41, 5.74) is 2.27. The van der Waals surface area contributed by atoms with Gasteiger partial charge in [0.2, 0.25) is 0 Å². The Kier molecular flexibility index (Phi) is 10.9. The van der Waals surface area contributed by atoms with Gasteiger partial charge in [-0.1, -0.05) is 72.8 Å². The lowest BCUT2D eigenvalue weighted by Crippen LogP contribution is -2.38. The summed E-state index contributed by atoms with van der Waals surface area (Å²) in [4.78, 5) is 31.8. The van der Waals surface area contributed by atoms with Gasteiger partial charge in [-0.3, -0.25) is 4.79 Å². The zero-order chi connectivity index (χ0) is 37.0. The molecule has 14 heteroatoms. The second kappa shape index (κ2) is 15.9. The van der Waals surface area contributed by atoms with Crippen molar-refractivity contribution in [2.75, 3.05) is 26.1 Å². The molecular weight excluding hydrogens is 763 g/mol. The first kappa shape index (κ1) is 36.4. The van der Waals surface area contributed by atoms with Crippen molar-refractivity contribution in [2.45, 2.75) is 30.5 Å². The number of methoxy groups -OCH3 is 2. The van der Waals surface area contributed by atoms with Gasteiger partial charge in [-0.2, -0.15) is 0 Å². The largest absolute Gasteiger partial charge is 0.695 e. The SMILES string of the molecule is COc1ccc(C(OC[C@H]2O[C@@H](n3cc(Br)c4c(NC(=O)c5ccccc5)ncnc43)C[C@@H]2O[P+](=O)O)(c2ccccc2)c2ccc(OC)cc2)cc1. The fourth-order valence-corrected chi connectivity index (χ4v) is 7.69. The van der Waals surface area contributed by atoms with E-state index in [1.165, 1.54) is 6.33 Å². The number of carbonyl (C=O) groups excluding carboxylic acids is 1. The number of fused-ring (bicyclic) bond motifs is 1. The zero-order valence-electron chi connectivity index (χ0n) is 28.7. The van der Waals surface area contributed by atoms with Gasteiger partial charge in [0.05, 0.1) is 26.2 Å². The number of hydrogen-bond acceptors (Lipinski definition) is 9. The number of benzene rings is 4. The molecule has 1 saturated heterocycles. The Morgan fingerprint density at radius 2 is 1.49 bits per heavy atom. The molecule has 2 aromatic heterocycles. The van der Waals surface area contributed by atoms with Gasteiger partial charge in [-0.25, -0.2) is 9.97 Å². The van der Waals surface area contributed by atoms with Crippen LogP contribution in [0, 0.1) is 0 Å². The number of halogens is 1. The van der Waals surface area contributed by atoms with Crippen molar-refractivity contribution in [3.05, 3.63) is 148 Å². The summed E-state index contributed by atoms with van der Waals surface area (Å²) in [6.45, 7) is -0.0367. The normalized spacial score (nSPS) is 17.4. The molecule has 0 bridgehead atoms. The molecule has 2 N–H and O–H groups in total. The maximum absolute atomic E-state index is 13.0. The molecule has 270 valence electrons. The molecule has 0 saturated carbocycles. The smallest absolute Gasteiger partial charge is 0.497 e. The number of carbonyl (C=O) groups is 1. The molecule has 3 heterocycles. The highest BCUT2D eigenvalue weighted by molar-refractivity contribution is 9.10. The predicted octanol–water partition coefficient (Wildman–Crippen LogP) is 7.79. The summed E-state index contributed by atoms with van der Waals surface area (Å²) in [6, 6.07) is 33.9. The molecule has 1 fully saturated rings. The van der Waals surface area contributed by atoms with Gasteiger partial charge in [-0.05, 0) is 69.0 Å². The fraction of sp³-hybridized carbons (Fsp3) is 0.205. The van der Waals surface area contributed by atoms with Crippen LogP contribution in [0.1, 0.15) is 39.7 Å². The van der Waals surface area contributed by atoms with E-state index in [1.807, 2.05) is 84.9 Å². The Labute approximate surface area is 314 Å². The third kappa shape index (κ3) is 7.45. The number of aromatic nitrogens is 3. The summed E-state index contributed by atoms with van der Waals surface area (Å²) >= 11 is 3.62. The van der Waals surface area contributed by atoms with Gasteiger partial charge in [0.25, 0.3) is 5.91 Å². The summed E-state index contributed by atoms with van der Waals surface area (Å²) in [7, 11) is 0.242. The number of nitrogens with zero attached hydrogens (tertiary/aromatic N) is 3. The van der Waals surface area contributed by atoms with Crippen LogP contribution in [0.5, 0.6) is 11.5 Å². The van der Waals surface area contributed by atoms with E-state index in [1.54, 1.807) is 49.2 Å². The first-order valence-electron chi connectivity index (χ1n) is 16.6. The average molecular weight is 799 g/mol. The number of anilines is 1. The van der Waals surface area contributed by atoms with Crippen LogP contribution in [-0.2, 0) is 24.2 Å². The van der Waals surface area contributed by atoms with Crippen molar-refractivity contribution < 1.29 is 37.7 Å². The number of hydrogen-bond donors (Lipinski definition) is 2. The predicted molar refractivity (Wildman–Crippen MR) is 201 cm³/mol. The van der Waals surface area contributed by atoms with Crippen LogP contribution >= 0.6 is 24.2 Å². The quantitative estimate of drug-likeness (QED) is 0.0878. The summed E-state index contributed by atoms with van der Waals surface area (Å²) in [5.74, 6) is 1.36. The highest BCUT2D eigenvalue weighted by atomic mass is 79.9. The standard InChI is InChI=1S/C39H34BrN4O8P/c1-48-29-17-13-27(14-18-29)39(26-11-7-4-8-12-26,28-15-19-30(49-2)20-16-28)50-23-33-32(52-53(46)47)21-34(51-33)44-22-31(40)35-36(41-24-42-37(35)44)43-38(45)25-9-5-3-6-10-25/h3-20,22,24,32-34H,21,23H2,1-2H3,(H-,41,42,43,45,46,47)/p+1/t32-,33+,34+/m0/s1. The number of ether oxygens (including phenoxy) is 4. The molecule has 0 spiro atoms.